The summed E-state index contributed by atoms with van der Waals surface area (Å²) in [7, 11) is 0. The molecule has 96 valence electrons. The number of nitrogens with one attached hydrogen (secondary N) is 1. The Balaban J connectivity index is 1.91. The lowest BCUT2D eigenvalue weighted by Gasteiger charge is -2.20. The summed E-state index contributed by atoms with van der Waals surface area (Å²) in [5.74, 6) is -0.0987. The minimum Gasteiger partial charge on any atom is -0.304 e. The molecule has 5 heteroatoms. The van der Waals surface area contributed by atoms with E-state index in [9.17, 15) is 9.59 Å². The number of hydrogen-bond donors (Lipinski definition) is 1. The van der Waals surface area contributed by atoms with Crippen LogP contribution in [0.3, 0.4) is 0 Å². The normalized spacial score (nSPS) is 27.1. The third-order valence-electron chi connectivity index (χ3n) is 3.61. The van der Waals surface area contributed by atoms with E-state index in [0.29, 0.717) is 11.2 Å². The Bertz CT molecular complexity index is 339. The van der Waals surface area contributed by atoms with E-state index in [1.165, 1.54) is 17.7 Å². The number of likely N-dealkylation sites (tertiary alicyclic amines) is 1. The summed E-state index contributed by atoms with van der Waals surface area (Å²) in [4.78, 5) is 25.1. The first kappa shape index (κ1) is 12.9. The highest BCUT2D eigenvalue weighted by molar-refractivity contribution is 8.00. The predicted octanol–water partition coefficient (Wildman–Crippen LogP) is 1.01. The van der Waals surface area contributed by atoms with E-state index in [1.54, 1.807) is 0 Å². The topological polar surface area (TPSA) is 49.4 Å². The van der Waals surface area contributed by atoms with E-state index in [1.807, 2.05) is 25.6 Å². The molecule has 1 N–H and O–H groups in total. The summed E-state index contributed by atoms with van der Waals surface area (Å²) < 4.78 is 0.328. The summed E-state index contributed by atoms with van der Waals surface area (Å²) in [6.07, 6.45) is 4.85. The first-order valence-electron chi connectivity index (χ1n) is 6.13. The van der Waals surface area contributed by atoms with Crippen LogP contribution in [0.4, 0.5) is 0 Å². The van der Waals surface area contributed by atoms with Gasteiger partial charge in [-0.25, -0.2) is 0 Å². The lowest BCUT2D eigenvalue weighted by molar-refractivity contribution is -0.140. The second-order valence-electron chi connectivity index (χ2n) is 5.22. The molecule has 2 rings (SSSR count). The van der Waals surface area contributed by atoms with Crippen LogP contribution in [-0.2, 0) is 9.59 Å². The van der Waals surface area contributed by atoms with Crippen molar-refractivity contribution >= 4 is 23.6 Å². The fraction of sp³-hybridized carbons (Fsp3) is 0.833. The molecule has 1 saturated carbocycles. The fourth-order valence-corrected chi connectivity index (χ4v) is 2.99. The zero-order valence-corrected chi connectivity index (χ0v) is 11.5. The third kappa shape index (κ3) is 2.50. The van der Waals surface area contributed by atoms with Crippen LogP contribution >= 0.6 is 11.8 Å². The highest BCUT2D eigenvalue weighted by Crippen LogP contribution is 2.46. The monoisotopic (exact) mass is 256 g/mol. The van der Waals surface area contributed by atoms with Gasteiger partial charge in [-0.1, -0.05) is 0 Å². The molecule has 1 atom stereocenters. The Morgan fingerprint density at radius 1 is 1.47 bits per heavy atom. The van der Waals surface area contributed by atoms with E-state index < -0.39 is 0 Å². The van der Waals surface area contributed by atoms with Crippen molar-refractivity contribution in [1.29, 1.82) is 0 Å². The molecular weight excluding hydrogens is 236 g/mol. The number of nitrogens with zero attached hydrogens (tertiary/aromatic N) is 1. The van der Waals surface area contributed by atoms with Crippen molar-refractivity contribution in [2.75, 3.05) is 12.8 Å². The molecular formula is C12H20N2O2S. The van der Waals surface area contributed by atoms with Crippen molar-refractivity contribution in [3.05, 3.63) is 0 Å². The van der Waals surface area contributed by atoms with E-state index in [2.05, 4.69) is 11.6 Å². The quantitative estimate of drug-likeness (QED) is 0.746. The van der Waals surface area contributed by atoms with Gasteiger partial charge in [0.25, 0.3) is 0 Å². The number of amides is 2. The van der Waals surface area contributed by atoms with Gasteiger partial charge in [0.05, 0.1) is 12.5 Å². The molecule has 1 heterocycles. The van der Waals surface area contributed by atoms with Gasteiger partial charge >= 0.3 is 0 Å². The number of hydrogen-bond acceptors (Lipinski definition) is 4. The fourth-order valence-electron chi connectivity index (χ4n) is 2.25. The van der Waals surface area contributed by atoms with Crippen molar-refractivity contribution in [2.24, 2.45) is 0 Å². The molecule has 2 aliphatic rings. The number of rotatable bonds is 5. The Labute approximate surface area is 106 Å². The van der Waals surface area contributed by atoms with Crippen LogP contribution in [0.25, 0.3) is 0 Å². The SMILES string of the molecule is CSC1(CNC2CC(=O)N(C(C)C)C2=O)CC1. The minimum absolute atomic E-state index is 0.0303. The molecule has 1 saturated heterocycles. The molecule has 2 fully saturated rings. The molecule has 0 radical (unpaired) electrons. The molecule has 1 unspecified atom stereocenters. The molecule has 1 aliphatic carbocycles. The summed E-state index contributed by atoms with van der Waals surface area (Å²) in [5, 5.41) is 3.27. The molecule has 0 bridgehead atoms. The van der Waals surface area contributed by atoms with Crippen molar-refractivity contribution in [3.63, 3.8) is 0 Å². The van der Waals surface area contributed by atoms with Gasteiger partial charge in [-0.15, -0.1) is 0 Å². The van der Waals surface area contributed by atoms with E-state index in [4.69, 9.17) is 0 Å². The van der Waals surface area contributed by atoms with Crippen LogP contribution in [0.5, 0.6) is 0 Å². The second-order valence-corrected chi connectivity index (χ2v) is 6.49. The second kappa shape index (κ2) is 4.61. The molecule has 0 spiro atoms. The molecule has 2 amide bonds. The first-order valence-corrected chi connectivity index (χ1v) is 7.36. The molecule has 1 aliphatic heterocycles. The summed E-state index contributed by atoms with van der Waals surface area (Å²) in [6, 6.07) is -0.327. The van der Waals surface area contributed by atoms with Gasteiger partial charge in [-0.05, 0) is 32.9 Å². The largest absolute Gasteiger partial charge is 0.304 e. The van der Waals surface area contributed by atoms with Crippen LogP contribution in [0, 0.1) is 0 Å². The van der Waals surface area contributed by atoms with E-state index in [0.717, 1.165) is 6.54 Å². The summed E-state index contributed by atoms with van der Waals surface area (Å²) >= 11 is 1.86. The van der Waals surface area contributed by atoms with Crippen molar-refractivity contribution < 1.29 is 9.59 Å². The van der Waals surface area contributed by atoms with Crippen LogP contribution in [-0.4, -0.2) is 46.3 Å². The van der Waals surface area contributed by atoms with Crippen molar-refractivity contribution in [2.45, 2.75) is 49.9 Å². The van der Waals surface area contributed by atoms with Gasteiger partial charge in [0.2, 0.25) is 11.8 Å². The number of imide groups is 1. The van der Waals surface area contributed by atoms with Crippen LogP contribution in [0.1, 0.15) is 33.1 Å². The van der Waals surface area contributed by atoms with Crippen LogP contribution in [0.2, 0.25) is 0 Å². The highest BCUT2D eigenvalue weighted by Gasteiger charge is 2.45. The van der Waals surface area contributed by atoms with Gasteiger partial charge in [-0.3, -0.25) is 14.5 Å². The Morgan fingerprint density at radius 3 is 2.53 bits per heavy atom. The molecule has 0 aromatic heterocycles. The average Bonchev–Trinajstić information content (AvgIpc) is 2.98. The number of thioether (sulfide) groups is 1. The third-order valence-corrected chi connectivity index (χ3v) is 5.03. The van der Waals surface area contributed by atoms with Gasteiger partial charge in [0.15, 0.2) is 0 Å². The van der Waals surface area contributed by atoms with Gasteiger partial charge in [-0.2, -0.15) is 11.8 Å². The van der Waals surface area contributed by atoms with Gasteiger partial charge < -0.3 is 5.32 Å². The van der Waals surface area contributed by atoms with Crippen LogP contribution < -0.4 is 5.32 Å². The lowest BCUT2D eigenvalue weighted by Crippen LogP contribution is -2.43. The maximum Gasteiger partial charge on any atom is 0.247 e. The Kier molecular flexibility index (Phi) is 3.50. The molecule has 0 aromatic carbocycles. The smallest absolute Gasteiger partial charge is 0.247 e. The highest BCUT2D eigenvalue weighted by atomic mass is 32.2. The Hall–Kier alpha value is -0.550. The van der Waals surface area contributed by atoms with Crippen molar-refractivity contribution in [1.82, 2.24) is 10.2 Å². The zero-order chi connectivity index (χ0) is 12.6. The average molecular weight is 256 g/mol. The maximum atomic E-state index is 12.0. The standard InChI is InChI=1S/C12H20N2O2S/c1-8(2)14-10(15)6-9(11(14)16)13-7-12(17-3)4-5-12/h8-9,13H,4-7H2,1-3H3. The van der Waals surface area contributed by atoms with Crippen molar-refractivity contribution in [3.8, 4) is 0 Å². The first-order chi connectivity index (χ1) is 7.99. The molecule has 4 nitrogen and oxygen atoms in total. The lowest BCUT2D eigenvalue weighted by atomic mass is 10.2. The van der Waals surface area contributed by atoms with E-state index in [-0.39, 0.29) is 23.9 Å². The number of carbonyl (C=O) groups is 2. The molecule has 17 heavy (non-hydrogen) atoms. The van der Waals surface area contributed by atoms with E-state index >= 15 is 0 Å². The predicted molar refractivity (Wildman–Crippen MR) is 68.9 cm³/mol. The molecule has 0 aromatic rings. The maximum absolute atomic E-state index is 12.0. The van der Waals surface area contributed by atoms with Crippen LogP contribution in [0.15, 0.2) is 0 Å². The van der Waals surface area contributed by atoms with Gasteiger partial charge in [0.1, 0.15) is 0 Å². The zero-order valence-electron chi connectivity index (χ0n) is 10.7. The minimum atomic E-state index is -0.297. The number of carbonyl (C=O) groups excluding carboxylic acids is 2. The Morgan fingerprint density at radius 2 is 2.12 bits per heavy atom. The summed E-state index contributed by atoms with van der Waals surface area (Å²) in [5.41, 5.74) is 0. The summed E-state index contributed by atoms with van der Waals surface area (Å²) in [6.45, 7) is 4.59. The van der Waals surface area contributed by atoms with Gasteiger partial charge in [0, 0.05) is 17.3 Å².